The lowest BCUT2D eigenvalue weighted by atomic mass is 9.57. The molecule has 0 saturated heterocycles. The van der Waals surface area contributed by atoms with Gasteiger partial charge >= 0.3 is 11.9 Å². The van der Waals surface area contributed by atoms with Crippen LogP contribution in [0.15, 0.2) is 24.3 Å². The molecule has 0 heterocycles. The maximum Gasteiger partial charge on any atom is 0.315 e. The van der Waals surface area contributed by atoms with Gasteiger partial charge in [0, 0.05) is 0 Å². The number of allylic oxidation sites excluding steroid dienone is 2. The van der Waals surface area contributed by atoms with Crippen molar-refractivity contribution in [1.29, 1.82) is 0 Å². The van der Waals surface area contributed by atoms with Crippen LogP contribution in [0.3, 0.4) is 0 Å². The van der Waals surface area contributed by atoms with Crippen molar-refractivity contribution in [2.45, 2.75) is 65.2 Å². The van der Waals surface area contributed by atoms with Crippen LogP contribution in [0.4, 0.5) is 0 Å². The Morgan fingerprint density at radius 2 is 1.23 bits per heavy atom. The topological polar surface area (TPSA) is 74.6 Å². The quantitative estimate of drug-likeness (QED) is 0.586. The van der Waals surface area contributed by atoms with E-state index >= 15 is 0 Å². The van der Waals surface area contributed by atoms with Gasteiger partial charge in [-0.3, -0.25) is 9.59 Å². The first kappa shape index (κ1) is 18.5. The molecule has 1 aliphatic carbocycles. The largest absolute Gasteiger partial charge is 0.481 e. The van der Waals surface area contributed by atoms with Crippen molar-refractivity contribution < 1.29 is 19.8 Å². The molecule has 1 rings (SSSR count). The van der Waals surface area contributed by atoms with E-state index in [0.717, 1.165) is 32.1 Å². The highest BCUT2D eigenvalue weighted by molar-refractivity contribution is 5.90. The molecule has 0 fully saturated rings. The van der Waals surface area contributed by atoms with E-state index in [1.807, 2.05) is 6.92 Å². The van der Waals surface area contributed by atoms with E-state index in [1.165, 1.54) is 0 Å². The normalized spacial score (nSPS) is 27.0. The molecule has 0 aromatic carbocycles. The molecule has 0 aromatic rings. The number of unbranched alkanes of at least 4 members (excludes halogenated alkanes) is 4. The van der Waals surface area contributed by atoms with E-state index in [-0.39, 0.29) is 0 Å². The molecule has 2 atom stereocenters. The minimum absolute atomic E-state index is 0.361. The van der Waals surface area contributed by atoms with Crippen LogP contribution in [0.25, 0.3) is 0 Å². The van der Waals surface area contributed by atoms with Crippen molar-refractivity contribution in [3.8, 4) is 0 Å². The van der Waals surface area contributed by atoms with Crippen molar-refractivity contribution in [3.63, 3.8) is 0 Å². The number of aliphatic carboxylic acids is 2. The van der Waals surface area contributed by atoms with E-state index in [4.69, 9.17) is 0 Å². The van der Waals surface area contributed by atoms with Crippen LogP contribution in [-0.4, -0.2) is 22.2 Å². The first-order valence-electron chi connectivity index (χ1n) is 8.30. The van der Waals surface area contributed by atoms with Gasteiger partial charge in [0.1, 0.15) is 10.8 Å². The number of carbonyl (C=O) groups is 2. The van der Waals surface area contributed by atoms with Crippen LogP contribution >= 0.6 is 0 Å². The summed E-state index contributed by atoms with van der Waals surface area (Å²) in [5.74, 6) is -2.05. The molecule has 0 bridgehead atoms. The lowest BCUT2D eigenvalue weighted by molar-refractivity contribution is -0.167. The first-order valence-corrected chi connectivity index (χ1v) is 8.30. The van der Waals surface area contributed by atoms with Crippen molar-refractivity contribution in [1.82, 2.24) is 0 Å². The van der Waals surface area contributed by atoms with Gasteiger partial charge in [-0.05, 0) is 12.8 Å². The molecule has 4 heteroatoms. The van der Waals surface area contributed by atoms with Crippen LogP contribution in [0.2, 0.25) is 0 Å². The van der Waals surface area contributed by atoms with E-state index in [0.29, 0.717) is 19.3 Å². The molecule has 0 saturated carbocycles. The van der Waals surface area contributed by atoms with Gasteiger partial charge in [-0.15, -0.1) is 0 Å². The zero-order chi connectivity index (χ0) is 16.6. The minimum atomic E-state index is -1.34. The lowest BCUT2D eigenvalue weighted by Gasteiger charge is -2.43. The Morgan fingerprint density at radius 3 is 1.64 bits per heavy atom. The fourth-order valence-corrected chi connectivity index (χ4v) is 3.37. The number of hydrogen-bond acceptors (Lipinski definition) is 2. The SMILES string of the molecule is CCCCCCC1(C(=O)O)C=CC=CC1(CCCC)C(=O)O. The molecule has 2 unspecified atom stereocenters. The van der Waals surface area contributed by atoms with E-state index in [9.17, 15) is 19.8 Å². The Balaban J connectivity index is 3.16. The fraction of sp³-hybridized carbons (Fsp3) is 0.667. The maximum absolute atomic E-state index is 12.1. The Bertz CT molecular complexity index is 452. The monoisotopic (exact) mass is 308 g/mol. The Kier molecular flexibility index (Phi) is 6.85. The fourth-order valence-electron chi connectivity index (χ4n) is 3.37. The van der Waals surface area contributed by atoms with Crippen LogP contribution in [0.5, 0.6) is 0 Å². The molecule has 22 heavy (non-hydrogen) atoms. The van der Waals surface area contributed by atoms with Gasteiger partial charge in [-0.25, -0.2) is 0 Å². The van der Waals surface area contributed by atoms with Crippen molar-refractivity contribution in [3.05, 3.63) is 24.3 Å². The zero-order valence-electron chi connectivity index (χ0n) is 13.7. The Hall–Kier alpha value is -1.58. The van der Waals surface area contributed by atoms with Crippen molar-refractivity contribution >= 4 is 11.9 Å². The van der Waals surface area contributed by atoms with Gasteiger partial charge in [-0.2, -0.15) is 0 Å². The summed E-state index contributed by atoms with van der Waals surface area (Å²) in [5.41, 5.74) is -2.67. The second-order valence-electron chi connectivity index (χ2n) is 6.19. The molecule has 0 amide bonds. The van der Waals surface area contributed by atoms with Gasteiger partial charge in [0.15, 0.2) is 0 Å². The van der Waals surface area contributed by atoms with Crippen molar-refractivity contribution in [2.75, 3.05) is 0 Å². The molecule has 0 spiro atoms. The summed E-state index contributed by atoms with van der Waals surface area (Å²) >= 11 is 0. The van der Waals surface area contributed by atoms with Crippen LogP contribution < -0.4 is 0 Å². The Labute approximate surface area is 132 Å². The predicted octanol–water partition coefficient (Wildman–Crippen LogP) is 4.42. The number of rotatable bonds is 10. The smallest absolute Gasteiger partial charge is 0.315 e. The second-order valence-corrected chi connectivity index (χ2v) is 6.19. The summed E-state index contributed by atoms with van der Waals surface area (Å²) in [6, 6.07) is 0. The molecule has 2 N–H and O–H groups in total. The molecule has 0 aliphatic heterocycles. The summed E-state index contributed by atoms with van der Waals surface area (Å²) in [6.45, 7) is 4.08. The zero-order valence-corrected chi connectivity index (χ0v) is 13.7. The second kappa shape index (κ2) is 8.16. The van der Waals surface area contributed by atoms with E-state index < -0.39 is 22.8 Å². The van der Waals surface area contributed by atoms with Crippen molar-refractivity contribution in [2.24, 2.45) is 10.8 Å². The summed E-state index contributed by atoms with van der Waals surface area (Å²) < 4.78 is 0. The van der Waals surface area contributed by atoms with Gasteiger partial charge < -0.3 is 10.2 Å². The number of carboxylic acids is 2. The summed E-state index contributed by atoms with van der Waals surface area (Å²) in [5, 5.41) is 19.7. The number of carboxylic acid groups (broad SMARTS) is 2. The van der Waals surface area contributed by atoms with Gasteiger partial charge in [0.2, 0.25) is 0 Å². The van der Waals surface area contributed by atoms with Gasteiger partial charge in [-0.1, -0.05) is 76.7 Å². The molecular formula is C18H28O4. The third kappa shape index (κ3) is 3.42. The standard InChI is InChI=1S/C18H28O4/c1-3-5-7-8-12-18(16(21)22)14-10-9-13-17(18,15(19)20)11-6-4-2/h9-10,13-14H,3-8,11-12H2,1-2H3,(H,19,20)(H,21,22). The maximum atomic E-state index is 12.1. The summed E-state index contributed by atoms with van der Waals surface area (Å²) in [7, 11) is 0. The van der Waals surface area contributed by atoms with Gasteiger partial charge in [0.25, 0.3) is 0 Å². The third-order valence-electron chi connectivity index (χ3n) is 4.78. The minimum Gasteiger partial charge on any atom is -0.481 e. The van der Waals surface area contributed by atoms with Crippen LogP contribution in [-0.2, 0) is 9.59 Å². The number of hydrogen-bond donors (Lipinski definition) is 2. The third-order valence-corrected chi connectivity index (χ3v) is 4.78. The van der Waals surface area contributed by atoms with Gasteiger partial charge in [0.05, 0.1) is 0 Å². The first-order chi connectivity index (χ1) is 10.5. The van der Waals surface area contributed by atoms with E-state index in [1.54, 1.807) is 24.3 Å². The highest BCUT2D eigenvalue weighted by Gasteiger charge is 2.58. The average Bonchev–Trinajstić information content (AvgIpc) is 2.50. The van der Waals surface area contributed by atoms with E-state index in [2.05, 4.69) is 6.92 Å². The molecule has 4 nitrogen and oxygen atoms in total. The molecule has 0 radical (unpaired) electrons. The lowest BCUT2D eigenvalue weighted by Crippen LogP contribution is -2.51. The van der Waals surface area contributed by atoms with Crippen LogP contribution in [0, 0.1) is 10.8 Å². The average molecular weight is 308 g/mol. The highest BCUT2D eigenvalue weighted by Crippen LogP contribution is 2.51. The summed E-state index contributed by atoms with van der Waals surface area (Å²) in [6.07, 6.45) is 12.6. The highest BCUT2D eigenvalue weighted by atomic mass is 16.4. The van der Waals surface area contributed by atoms with Crippen LogP contribution in [0.1, 0.15) is 65.2 Å². The molecule has 124 valence electrons. The molecular weight excluding hydrogens is 280 g/mol. The Morgan fingerprint density at radius 1 is 0.773 bits per heavy atom. The molecule has 1 aliphatic rings. The summed E-state index contributed by atoms with van der Waals surface area (Å²) in [4.78, 5) is 24.1. The molecule has 0 aromatic heterocycles. The predicted molar refractivity (Wildman–Crippen MR) is 86.7 cm³/mol.